The number of unbranched alkanes of at least 4 members (excludes halogenated alkanes) is 37. The van der Waals surface area contributed by atoms with E-state index in [9.17, 15) is 0 Å². The Kier molecular flexibility index (Phi) is 39.1. The zero-order valence-electron chi connectivity index (χ0n) is 36.6. The lowest BCUT2D eigenvalue weighted by atomic mass is 9.97. The number of pyridine rings is 1. The van der Waals surface area contributed by atoms with Crippen molar-refractivity contribution in [2.75, 3.05) is 0 Å². The number of hydrogen-bond acceptors (Lipinski definition) is 0. The molecule has 1 aromatic rings. The van der Waals surface area contributed by atoms with Crippen LogP contribution >= 0.6 is 0 Å². The third-order valence-corrected chi connectivity index (χ3v) is 12.1. The maximum Gasteiger partial charge on any atom is 0.172 e. The van der Waals surface area contributed by atoms with Crippen LogP contribution in [0.25, 0.3) is 0 Å². The van der Waals surface area contributed by atoms with Gasteiger partial charge in [-0.05, 0) is 37.7 Å². The van der Waals surface area contributed by atoms with Gasteiger partial charge in [0, 0.05) is 18.1 Å². The largest absolute Gasteiger partial charge is 0.205 e. The van der Waals surface area contributed by atoms with E-state index in [4.69, 9.17) is 0 Å². The molecule has 0 bridgehead atoms. The van der Waals surface area contributed by atoms with E-state index in [0.29, 0.717) is 0 Å². The molecule has 0 amide bonds. The highest BCUT2D eigenvalue weighted by Gasteiger charge is 2.10. The van der Waals surface area contributed by atoms with Crippen LogP contribution in [0.2, 0.25) is 0 Å². The fourth-order valence-electron chi connectivity index (χ4n) is 8.38. The third kappa shape index (κ3) is 33.7. The molecule has 0 unspecified atom stereocenters. The average Bonchev–Trinajstić information content (AvgIpc) is 3.16. The van der Waals surface area contributed by atoms with Crippen molar-refractivity contribution in [3.63, 3.8) is 0 Å². The number of nitrogens with zero attached hydrogens (tertiary/aromatic N) is 1. The highest BCUT2D eigenvalue weighted by Crippen LogP contribution is 2.19. The minimum Gasteiger partial charge on any atom is -0.205 e. The lowest BCUT2D eigenvalue weighted by Gasteiger charge is -2.10. The Morgan fingerprint density at radius 3 is 0.846 bits per heavy atom. The van der Waals surface area contributed by atoms with Gasteiger partial charge in [-0.2, -0.15) is 0 Å². The Morgan fingerprint density at radius 2 is 0.538 bits per heavy atom. The third-order valence-electron chi connectivity index (χ3n) is 12.1. The first kappa shape index (κ1) is 49.2. The van der Waals surface area contributed by atoms with Crippen molar-refractivity contribution in [3.05, 3.63) is 29.6 Å². The summed E-state index contributed by atoms with van der Waals surface area (Å²) < 4.78 is 2.55. The molecule has 0 radical (unpaired) electrons. The molecule has 0 saturated carbocycles. The Balaban J connectivity index is 2.29. The lowest BCUT2D eigenvalue weighted by Crippen LogP contribution is -2.34. The second-order valence-electron chi connectivity index (χ2n) is 17.3. The summed E-state index contributed by atoms with van der Waals surface area (Å²) in [5.41, 5.74) is 3.34. The highest BCUT2D eigenvalue weighted by atomic mass is 14.9. The minimum atomic E-state index is 1.21. The van der Waals surface area contributed by atoms with Crippen LogP contribution in [-0.2, 0) is 19.4 Å². The summed E-state index contributed by atoms with van der Waals surface area (Å²) in [6, 6.07) is 2.52. The van der Waals surface area contributed by atoms with Crippen LogP contribution in [-0.4, -0.2) is 0 Å². The van der Waals surface area contributed by atoms with Crippen molar-refractivity contribution >= 4 is 0 Å². The van der Waals surface area contributed by atoms with Gasteiger partial charge in [-0.1, -0.05) is 252 Å². The first-order chi connectivity index (χ1) is 25.8. The molecule has 0 N–H and O–H groups in total. The Bertz CT molecular complexity index is 813. The number of aryl methyl sites for hydroxylation is 3. The molecule has 1 rings (SSSR count). The molecule has 0 aliphatic rings. The van der Waals surface area contributed by atoms with Gasteiger partial charge in [-0.3, -0.25) is 0 Å². The smallest absolute Gasteiger partial charge is 0.172 e. The summed E-state index contributed by atoms with van der Waals surface area (Å²) >= 11 is 0. The van der Waals surface area contributed by atoms with E-state index in [0.717, 1.165) is 0 Å². The van der Waals surface area contributed by atoms with Crippen LogP contribution in [0.4, 0.5) is 0 Å². The fraction of sp³-hybridized carbons (Fsp3) is 0.902. The van der Waals surface area contributed by atoms with Gasteiger partial charge in [0.05, 0.1) is 0 Å². The summed E-state index contributed by atoms with van der Waals surface area (Å²) in [5.74, 6) is 0. The van der Waals surface area contributed by atoms with Gasteiger partial charge in [-0.25, -0.2) is 4.57 Å². The first-order valence-corrected chi connectivity index (χ1v) is 24.8. The average molecular weight is 725 g/mol. The van der Waals surface area contributed by atoms with Crippen LogP contribution in [0.3, 0.4) is 0 Å². The number of rotatable bonds is 43. The predicted octanol–water partition coefficient (Wildman–Crippen LogP) is 17.7. The van der Waals surface area contributed by atoms with Gasteiger partial charge in [0.25, 0.3) is 0 Å². The number of hydrogen-bond donors (Lipinski definition) is 0. The van der Waals surface area contributed by atoms with Gasteiger partial charge >= 0.3 is 0 Å². The number of aromatic nitrogens is 1. The van der Waals surface area contributed by atoms with Crippen molar-refractivity contribution in [1.29, 1.82) is 0 Å². The first-order valence-electron chi connectivity index (χ1n) is 24.8. The lowest BCUT2D eigenvalue weighted by molar-refractivity contribution is -0.697. The van der Waals surface area contributed by atoms with E-state index in [1.165, 1.54) is 276 Å². The molecule has 1 nitrogen and oxygen atoms in total. The Morgan fingerprint density at radius 1 is 0.288 bits per heavy atom. The summed E-state index contributed by atoms with van der Waals surface area (Å²) in [7, 11) is 0. The summed E-state index contributed by atoms with van der Waals surface area (Å²) in [6.45, 7) is 8.16. The van der Waals surface area contributed by atoms with Crippen LogP contribution in [0.1, 0.15) is 289 Å². The maximum absolute atomic E-state index is 2.57. The molecule has 306 valence electrons. The molecular weight excluding hydrogens is 627 g/mol. The van der Waals surface area contributed by atoms with Crippen molar-refractivity contribution in [2.24, 2.45) is 0 Å². The van der Waals surface area contributed by atoms with Gasteiger partial charge < -0.3 is 0 Å². The van der Waals surface area contributed by atoms with Crippen molar-refractivity contribution < 1.29 is 4.57 Å². The molecule has 1 heterocycles. The Labute approximate surface area is 330 Å². The summed E-state index contributed by atoms with van der Waals surface area (Å²) in [4.78, 5) is 0. The van der Waals surface area contributed by atoms with E-state index in [2.05, 4.69) is 43.8 Å². The molecule has 0 aliphatic heterocycles. The SMILES string of the molecule is CCCCCCCCCCCCCCCCc1cc[n+](CCCCCCCCCCCCCC)cc1CCCCCCCCCCCCCCCC. The molecule has 0 aliphatic carbocycles. The predicted molar refractivity (Wildman–Crippen MR) is 236 cm³/mol. The van der Waals surface area contributed by atoms with Crippen LogP contribution in [0, 0.1) is 0 Å². The van der Waals surface area contributed by atoms with Gasteiger partial charge in [0.1, 0.15) is 6.54 Å². The van der Waals surface area contributed by atoms with Crippen LogP contribution in [0.5, 0.6) is 0 Å². The quantitative estimate of drug-likeness (QED) is 0.0466. The second-order valence-corrected chi connectivity index (χ2v) is 17.3. The molecule has 1 heteroatoms. The standard InChI is InChI=1S/C51H98N/c1-4-7-10-13-16-19-22-25-27-29-32-35-38-41-44-50-46-48-52(47-43-40-37-34-31-24-21-18-15-12-9-6-3)49-51(50)45-42-39-36-33-30-28-26-23-20-17-14-11-8-5-2/h46,48-49H,4-45,47H2,1-3H3/q+1. The monoisotopic (exact) mass is 725 g/mol. The fourth-order valence-corrected chi connectivity index (χ4v) is 8.38. The van der Waals surface area contributed by atoms with E-state index in [-0.39, 0.29) is 0 Å². The molecule has 0 atom stereocenters. The van der Waals surface area contributed by atoms with Crippen molar-refractivity contribution in [1.82, 2.24) is 0 Å². The van der Waals surface area contributed by atoms with Crippen LogP contribution in [0.15, 0.2) is 18.5 Å². The van der Waals surface area contributed by atoms with E-state index in [1.807, 2.05) is 0 Å². The minimum absolute atomic E-state index is 1.21. The second kappa shape index (κ2) is 41.3. The van der Waals surface area contributed by atoms with E-state index >= 15 is 0 Å². The molecule has 0 spiro atoms. The summed E-state index contributed by atoms with van der Waals surface area (Å²) in [5, 5.41) is 0. The van der Waals surface area contributed by atoms with Crippen LogP contribution < -0.4 is 4.57 Å². The molecular formula is C51H98N+. The molecule has 0 aromatic carbocycles. The summed E-state index contributed by atoms with van der Waals surface area (Å²) in [6.07, 6.45) is 65.3. The van der Waals surface area contributed by atoms with Gasteiger partial charge in [-0.15, -0.1) is 0 Å². The molecule has 0 saturated heterocycles. The normalized spacial score (nSPS) is 11.6. The molecule has 52 heavy (non-hydrogen) atoms. The molecule has 0 fully saturated rings. The highest BCUT2D eigenvalue weighted by molar-refractivity contribution is 5.21. The van der Waals surface area contributed by atoms with Gasteiger partial charge in [0.15, 0.2) is 12.4 Å². The van der Waals surface area contributed by atoms with Crippen molar-refractivity contribution in [2.45, 2.75) is 297 Å². The zero-order chi connectivity index (χ0) is 37.3. The zero-order valence-corrected chi connectivity index (χ0v) is 36.6. The van der Waals surface area contributed by atoms with E-state index in [1.54, 1.807) is 11.1 Å². The van der Waals surface area contributed by atoms with Crippen molar-refractivity contribution in [3.8, 4) is 0 Å². The molecule has 1 aromatic heterocycles. The topological polar surface area (TPSA) is 3.88 Å². The maximum atomic E-state index is 2.57. The van der Waals surface area contributed by atoms with E-state index < -0.39 is 0 Å². The van der Waals surface area contributed by atoms with Gasteiger partial charge in [0.2, 0.25) is 0 Å². The Hall–Kier alpha value is -0.850.